The molecule has 0 fully saturated rings. The van der Waals surface area contributed by atoms with Crippen molar-refractivity contribution in [1.29, 1.82) is 0 Å². The predicted molar refractivity (Wildman–Crippen MR) is 65.7 cm³/mol. The Morgan fingerprint density at radius 2 is 2.11 bits per heavy atom. The number of hydrogen-bond acceptors (Lipinski definition) is 4. The molecule has 98 valence electrons. The summed E-state index contributed by atoms with van der Waals surface area (Å²) < 4.78 is 10.8. The van der Waals surface area contributed by atoms with Crippen LogP contribution >= 0.6 is 0 Å². The molecule has 1 aliphatic heterocycles. The number of aliphatic hydroxyl groups excluding tert-OH is 1. The van der Waals surface area contributed by atoms with Crippen LogP contribution in [0, 0.1) is 0 Å². The lowest BCUT2D eigenvalue weighted by Crippen LogP contribution is -2.29. The molecule has 1 atom stereocenters. The number of carbonyl (C=O) groups excluding carboxylic acids is 1. The molecule has 0 saturated heterocycles. The summed E-state index contributed by atoms with van der Waals surface area (Å²) in [5, 5.41) is 12.6. The van der Waals surface area contributed by atoms with Crippen LogP contribution < -0.4 is 14.8 Å². The highest BCUT2D eigenvalue weighted by Gasteiger charge is 2.20. The topological polar surface area (TPSA) is 67.8 Å². The quantitative estimate of drug-likeness (QED) is 0.838. The van der Waals surface area contributed by atoms with Crippen LogP contribution in [-0.2, 0) is 4.79 Å². The Hall–Kier alpha value is -1.75. The Labute approximate surface area is 106 Å². The van der Waals surface area contributed by atoms with Gasteiger partial charge >= 0.3 is 0 Å². The summed E-state index contributed by atoms with van der Waals surface area (Å²) in [4.78, 5) is 11.6. The lowest BCUT2D eigenvalue weighted by Gasteiger charge is -2.20. The predicted octanol–water partition coefficient (Wildman–Crippen LogP) is 1.02. The average molecular weight is 251 g/mol. The van der Waals surface area contributed by atoms with E-state index in [4.69, 9.17) is 9.47 Å². The monoisotopic (exact) mass is 251 g/mol. The molecule has 1 heterocycles. The normalized spacial score (nSPS) is 15.0. The molecular weight excluding hydrogens is 234 g/mol. The van der Waals surface area contributed by atoms with Crippen molar-refractivity contribution in [3.05, 3.63) is 23.8 Å². The van der Waals surface area contributed by atoms with E-state index in [0.29, 0.717) is 36.8 Å². The van der Waals surface area contributed by atoms with E-state index in [9.17, 15) is 9.90 Å². The fourth-order valence-electron chi connectivity index (χ4n) is 1.73. The smallest absolute Gasteiger partial charge is 0.253 e. The minimum atomic E-state index is -1.17. The second-order valence-corrected chi connectivity index (χ2v) is 4.10. The number of amides is 1. The highest BCUT2D eigenvalue weighted by atomic mass is 16.6. The van der Waals surface area contributed by atoms with Crippen LogP contribution in [0.25, 0.3) is 0 Å². The van der Waals surface area contributed by atoms with Gasteiger partial charge in [0.1, 0.15) is 13.2 Å². The number of nitrogens with one attached hydrogen (secondary N) is 1. The van der Waals surface area contributed by atoms with Gasteiger partial charge in [0.2, 0.25) is 0 Å². The first-order valence-corrected chi connectivity index (χ1v) is 6.07. The largest absolute Gasteiger partial charge is 0.486 e. The molecule has 1 aromatic rings. The highest BCUT2D eigenvalue weighted by Crippen LogP contribution is 2.32. The van der Waals surface area contributed by atoms with Crippen molar-refractivity contribution in [2.24, 2.45) is 0 Å². The van der Waals surface area contributed by atoms with E-state index < -0.39 is 12.0 Å². The van der Waals surface area contributed by atoms with E-state index in [-0.39, 0.29) is 0 Å². The summed E-state index contributed by atoms with van der Waals surface area (Å²) in [6.07, 6.45) is -0.341. The molecule has 0 spiro atoms. The molecule has 0 radical (unpaired) electrons. The Morgan fingerprint density at radius 3 is 2.83 bits per heavy atom. The lowest BCUT2D eigenvalue weighted by atomic mass is 10.1. The Morgan fingerprint density at radius 1 is 1.39 bits per heavy atom. The second-order valence-electron chi connectivity index (χ2n) is 4.10. The number of fused-ring (bicyclic) bond motifs is 1. The van der Waals surface area contributed by atoms with Gasteiger partial charge in [0.25, 0.3) is 5.91 Å². The summed E-state index contributed by atoms with van der Waals surface area (Å²) in [6.45, 7) is 3.51. The standard InChI is InChI=1S/C13H17NO4/c1-2-5-14-13(16)12(15)9-3-4-10-11(8-9)18-7-6-17-10/h3-4,8,12,15H,2,5-7H2,1H3,(H,14,16). The summed E-state index contributed by atoms with van der Waals surface area (Å²) in [5.41, 5.74) is 0.507. The molecule has 0 saturated carbocycles. The van der Waals surface area contributed by atoms with Crippen molar-refractivity contribution < 1.29 is 19.4 Å². The van der Waals surface area contributed by atoms with E-state index >= 15 is 0 Å². The Bertz CT molecular complexity index is 433. The van der Waals surface area contributed by atoms with E-state index in [0.717, 1.165) is 6.42 Å². The van der Waals surface area contributed by atoms with Gasteiger partial charge in [0, 0.05) is 6.54 Å². The SMILES string of the molecule is CCCNC(=O)C(O)c1ccc2c(c1)OCCO2. The van der Waals surface area contributed by atoms with Crippen molar-refractivity contribution in [3.8, 4) is 11.5 Å². The molecule has 18 heavy (non-hydrogen) atoms. The fourth-order valence-corrected chi connectivity index (χ4v) is 1.73. The highest BCUT2D eigenvalue weighted by molar-refractivity contribution is 5.82. The van der Waals surface area contributed by atoms with E-state index in [2.05, 4.69) is 5.32 Å². The average Bonchev–Trinajstić information content (AvgIpc) is 2.43. The lowest BCUT2D eigenvalue weighted by molar-refractivity contribution is -0.129. The van der Waals surface area contributed by atoms with E-state index in [1.807, 2.05) is 6.92 Å². The summed E-state index contributed by atoms with van der Waals surface area (Å²) in [7, 11) is 0. The zero-order valence-corrected chi connectivity index (χ0v) is 10.3. The molecule has 0 bridgehead atoms. The third kappa shape index (κ3) is 2.73. The Balaban J connectivity index is 2.10. The van der Waals surface area contributed by atoms with Crippen molar-refractivity contribution in [1.82, 2.24) is 5.32 Å². The van der Waals surface area contributed by atoms with Gasteiger partial charge in [-0.15, -0.1) is 0 Å². The van der Waals surface area contributed by atoms with Gasteiger partial charge < -0.3 is 19.9 Å². The molecule has 0 aliphatic carbocycles. The fraction of sp³-hybridized carbons (Fsp3) is 0.462. The van der Waals surface area contributed by atoms with E-state index in [1.165, 1.54) is 0 Å². The number of carbonyl (C=O) groups is 1. The molecule has 5 nitrogen and oxygen atoms in total. The maximum atomic E-state index is 11.6. The third-order valence-corrected chi connectivity index (χ3v) is 2.68. The van der Waals surface area contributed by atoms with Gasteiger partial charge in [-0.25, -0.2) is 0 Å². The first kappa shape index (κ1) is 12.7. The maximum Gasteiger partial charge on any atom is 0.253 e. The molecule has 1 amide bonds. The van der Waals surface area contributed by atoms with Crippen LogP contribution in [0.5, 0.6) is 11.5 Å². The third-order valence-electron chi connectivity index (χ3n) is 2.68. The van der Waals surface area contributed by atoms with Gasteiger partial charge in [0.05, 0.1) is 0 Å². The van der Waals surface area contributed by atoms with Crippen LogP contribution in [0.1, 0.15) is 25.0 Å². The molecule has 5 heteroatoms. The number of aliphatic hydroxyl groups is 1. The van der Waals surface area contributed by atoms with Crippen molar-refractivity contribution in [2.45, 2.75) is 19.4 Å². The maximum absolute atomic E-state index is 11.6. The molecule has 0 aromatic heterocycles. The zero-order valence-electron chi connectivity index (χ0n) is 10.3. The first-order valence-electron chi connectivity index (χ1n) is 6.07. The minimum Gasteiger partial charge on any atom is -0.486 e. The zero-order chi connectivity index (χ0) is 13.0. The summed E-state index contributed by atoms with van der Waals surface area (Å²) in [6, 6.07) is 5.02. The van der Waals surface area contributed by atoms with E-state index in [1.54, 1.807) is 18.2 Å². The minimum absolute atomic E-state index is 0.395. The number of rotatable bonds is 4. The molecular formula is C13H17NO4. The molecule has 1 aromatic carbocycles. The van der Waals surface area contributed by atoms with Crippen LogP contribution in [0.4, 0.5) is 0 Å². The van der Waals surface area contributed by atoms with Crippen LogP contribution in [0.2, 0.25) is 0 Å². The van der Waals surface area contributed by atoms with Gasteiger partial charge in [-0.3, -0.25) is 4.79 Å². The van der Waals surface area contributed by atoms with Crippen molar-refractivity contribution in [3.63, 3.8) is 0 Å². The van der Waals surface area contributed by atoms with Crippen molar-refractivity contribution >= 4 is 5.91 Å². The van der Waals surface area contributed by atoms with Crippen LogP contribution in [0.3, 0.4) is 0 Å². The first-order chi connectivity index (χ1) is 8.72. The van der Waals surface area contributed by atoms with Gasteiger partial charge in [-0.05, 0) is 24.1 Å². The summed E-state index contributed by atoms with van der Waals surface area (Å²) >= 11 is 0. The molecule has 2 rings (SSSR count). The number of ether oxygens (including phenoxy) is 2. The van der Waals surface area contributed by atoms with Crippen molar-refractivity contribution in [2.75, 3.05) is 19.8 Å². The number of benzene rings is 1. The van der Waals surface area contributed by atoms with Gasteiger partial charge in [-0.2, -0.15) is 0 Å². The summed E-state index contributed by atoms with van der Waals surface area (Å²) in [5.74, 6) is 0.820. The van der Waals surface area contributed by atoms with Crippen LogP contribution in [0.15, 0.2) is 18.2 Å². The Kier molecular flexibility index (Phi) is 4.04. The molecule has 2 N–H and O–H groups in total. The molecule has 1 unspecified atom stereocenters. The number of hydrogen-bond donors (Lipinski definition) is 2. The van der Waals surface area contributed by atoms with Gasteiger partial charge in [0.15, 0.2) is 17.6 Å². The molecule has 1 aliphatic rings. The second kappa shape index (κ2) is 5.73. The van der Waals surface area contributed by atoms with Gasteiger partial charge in [-0.1, -0.05) is 13.0 Å². The van der Waals surface area contributed by atoms with Crippen LogP contribution in [-0.4, -0.2) is 30.8 Å².